The lowest BCUT2D eigenvalue weighted by atomic mass is 10.1. The summed E-state index contributed by atoms with van der Waals surface area (Å²) >= 11 is 0. The van der Waals surface area contributed by atoms with Crippen molar-refractivity contribution in [3.63, 3.8) is 0 Å². The van der Waals surface area contributed by atoms with Gasteiger partial charge in [-0.2, -0.15) is 0 Å². The molecular formula is C20H24N2O5. The van der Waals surface area contributed by atoms with Crippen molar-refractivity contribution in [1.29, 1.82) is 0 Å². The molecule has 0 bridgehead atoms. The zero-order valence-electron chi connectivity index (χ0n) is 15.9. The minimum Gasteiger partial charge on any atom is -0.459 e. The summed E-state index contributed by atoms with van der Waals surface area (Å²) in [5, 5.41) is 2.68. The molecule has 0 aliphatic carbocycles. The Morgan fingerprint density at radius 1 is 1.07 bits per heavy atom. The molecule has 0 saturated carbocycles. The van der Waals surface area contributed by atoms with Gasteiger partial charge in [-0.05, 0) is 38.8 Å². The number of esters is 2. The number of H-pyrrole nitrogens is 1. The van der Waals surface area contributed by atoms with Crippen molar-refractivity contribution in [2.24, 2.45) is 0 Å². The maximum Gasteiger partial charge on any atom is 0.355 e. The first-order valence-corrected chi connectivity index (χ1v) is 8.67. The average molecular weight is 372 g/mol. The van der Waals surface area contributed by atoms with Crippen LogP contribution in [-0.4, -0.2) is 35.5 Å². The second-order valence-corrected chi connectivity index (χ2v) is 6.42. The molecule has 144 valence electrons. The van der Waals surface area contributed by atoms with Crippen LogP contribution in [0.5, 0.6) is 0 Å². The fourth-order valence-corrected chi connectivity index (χ4v) is 2.58. The summed E-state index contributed by atoms with van der Waals surface area (Å²) in [6.45, 7) is 6.74. The molecule has 27 heavy (non-hydrogen) atoms. The summed E-state index contributed by atoms with van der Waals surface area (Å²) in [5.41, 5.74) is 2.34. The molecule has 0 saturated heterocycles. The van der Waals surface area contributed by atoms with Gasteiger partial charge in [0.25, 0.3) is 5.91 Å². The molecule has 0 aliphatic heterocycles. The molecule has 7 heteroatoms. The summed E-state index contributed by atoms with van der Waals surface area (Å²) in [4.78, 5) is 39.1. The van der Waals surface area contributed by atoms with Crippen molar-refractivity contribution in [2.45, 2.75) is 40.3 Å². The number of aromatic nitrogens is 1. The van der Waals surface area contributed by atoms with Crippen molar-refractivity contribution in [1.82, 2.24) is 10.3 Å². The number of nitrogens with one attached hydrogen (secondary N) is 2. The van der Waals surface area contributed by atoms with E-state index >= 15 is 0 Å². The van der Waals surface area contributed by atoms with Crippen molar-refractivity contribution < 1.29 is 23.9 Å². The first kappa shape index (κ1) is 20.2. The third kappa shape index (κ3) is 5.44. The van der Waals surface area contributed by atoms with Crippen LogP contribution in [0.25, 0.3) is 0 Å². The van der Waals surface area contributed by atoms with Crippen LogP contribution in [0.2, 0.25) is 0 Å². The SMILES string of the molecule is Cc1[nH]c(C(=O)OCC(=O)NCc2ccccc2)c(C)c1C(=O)OC(C)C. The van der Waals surface area contributed by atoms with Crippen molar-refractivity contribution in [3.8, 4) is 0 Å². The van der Waals surface area contributed by atoms with E-state index in [0.717, 1.165) is 5.56 Å². The number of carbonyl (C=O) groups excluding carboxylic acids is 3. The fourth-order valence-electron chi connectivity index (χ4n) is 2.58. The van der Waals surface area contributed by atoms with E-state index in [1.54, 1.807) is 27.7 Å². The minimum atomic E-state index is -0.700. The Hall–Kier alpha value is -3.09. The number of amides is 1. The highest BCUT2D eigenvalue weighted by Crippen LogP contribution is 2.20. The topological polar surface area (TPSA) is 97.5 Å². The van der Waals surface area contributed by atoms with Crippen LogP contribution in [0.1, 0.15) is 51.5 Å². The van der Waals surface area contributed by atoms with Gasteiger partial charge in [0.05, 0.1) is 11.7 Å². The highest BCUT2D eigenvalue weighted by Gasteiger charge is 2.24. The Labute approximate surface area is 158 Å². The van der Waals surface area contributed by atoms with Gasteiger partial charge in [-0.15, -0.1) is 0 Å². The van der Waals surface area contributed by atoms with Crippen LogP contribution in [0.3, 0.4) is 0 Å². The predicted molar refractivity (Wildman–Crippen MR) is 99.4 cm³/mol. The molecular weight excluding hydrogens is 348 g/mol. The van der Waals surface area contributed by atoms with Crippen LogP contribution in [-0.2, 0) is 20.8 Å². The van der Waals surface area contributed by atoms with Crippen LogP contribution in [0, 0.1) is 13.8 Å². The van der Waals surface area contributed by atoms with Crippen molar-refractivity contribution in [2.75, 3.05) is 6.61 Å². The Balaban J connectivity index is 1.94. The third-order valence-corrected chi connectivity index (χ3v) is 3.86. The van der Waals surface area contributed by atoms with Gasteiger partial charge in [0.1, 0.15) is 5.69 Å². The Morgan fingerprint density at radius 3 is 2.37 bits per heavy atom. The number of aryl methyl sites for hydroxylation is 1. The molecule has 7 nitrogen and oxygen atoms in total. The number of carbonyl (C=O) groups is 3. The first-order valence-electron chi connectivity index (χ1n) is 8.67. The van der Waals surface area contributed by atoms with E-state index in [9.17, 15) is 14.4 Å². The van der Waals surface area contributed by atoms with Crippen LogP contribution < -0.4 is 5.32 Å². The molecule has 0 atom stereocenters. The monoisotopic (exact) mass is 372 g/mol. The summed E-state index contributed by atoms with van der Waals surface area (Å²) in [5.74, 6) is -1.61. The minimum absolute atomic E-state index is 0.138. The number of aromatic amines is 1. The summed E-state index contributed by atoms with van der Waals surface area (Å²) in [6, 6.07) is 9.41. The molecule has 0 unspecified atom stereocenters. The zero-order chi connectivity index (χ0) is 20.0. The number of hydrogen-bond acceptors (Lipinski definition) is 5. The highest BCUT2D eigenvalue weighted by molar-refractivity contribution is 5.99. The molecule has 0 spiro atoms. The molecule has 2 rings (SSSR count). The number of rotatable bonds is 7. The van der Waals surface area contributed by atoms with E-state index in [0.29, 0.717) is 23.4 Å². The van der Waals surface area contributed by atoms with E-state index in [-0.39, 0.29) is 11.8 Å². The lowest BCUT2D eigenvalue weighted by Gasteiger charge is -2.08. The van der Waals surface area contributed by atoms with Crippen LogP contribution in [0.4, 0.5) is 0 Å². The lowest BCUT2D eigenvalue weighted by Crippen LogP contribution is -2.28. The van der Waals surface area contributed by atoms with Crippen LogP contribution >= 0.6 is 0 Å². The lowest BCUT2D eigenvalue weighted by molar-refractivity contribution is -0.124. The Bertz CT molecular complexity index is 824. The molecule has 2 aromatic rings. The van der Waals surface area contributed by atoms with E-state index in [2.05, 4.69) is 10.3 Å². The second kappa shape index (κ2) is 9.02. The Morgan fingerprint density at radius 2 is 1.74 bits per heavy atom. The zero-order valence-corrected chi connectivity index (χ0v) is 15.9. The Kier molecular flexibility index (Phi) is 6.76. The van der Waals surface area contributed by atoms with Gasteiger partial charge in [0.2, 0.25) is 0 Å². The van der Waals surface area contributed by atoms with Crippen LogP contribution in [0.15, 0.2) is 30.3 Å². The normalized spacial score (nSPS) is 10.6. The van der Waals surface area contributed by atoms with Gasteiger partial charge in [-0.3, -0.25) is 4.79 Å². The number of hydrogen-bond donors (Lipinski definition) is 2. The molecule has 1 aromatic heterocycles. The predicted octanol–water partition coefficient (Wildman–Crippen LogP) is 2.67. The van der Waals surface area contributed by atoms with Gasteiger partial charge < -0.3 is 19.8 Å². The van der Waals surface area contributed by atoms with Gasteiger partial charge in [-0.1, -0.05) is 30.3 Å². The number of benzene rings is 1. The first-order chi connectivity index (χ1) is 12.8. The molecule has 1 amide bonds. The largest absolute Gasteiger partial charge is 0.459 e. The van der Waals surface area contributed by atoms with Gasteiger partial charge in [-0.25, -0.2) is 9.59 Å². The number of ether oxygens (including phenoxy) is 2. The molecule has 2 N–H and O–H groups in total. The summed E-state index contributed by atoms with van der Waals surface area (Å²) < 4.78 is 10.2. The van der Waals surface area contributed by atoms with Gasteiger partial charge in [0.15, 0.2) is 6.61 Å². The maximum atomic E-state index is 12.3. The summed E-state index contributed by atoms with van der Waals surface area (Å²) in [7, 11) is 0. The molecule has 0 fully saturated rings. The fraction of sp³-hybridized carbons (Fsp3) is 0.350. The smallest absolute Gasteiger partial charge is 0.355 e. The van der Waals surface area contributed by atoms with Crippen molar-refractivity contribution in [3.05, 3.63) is 58.4 Å². The summed E-state index contributed by atoms with van der Waals surface area (Å²) in [6.07, 6.45) is -0.269. The van der Waals surface area contributed by atoms with Crippen molar-refractivity contribution >= 4 is 17.8 Å². The third-order valence-electron chi connectivity index (χ3n) is 3.86. The molecule has 0 radical (unpaired) electrons. The molecule has 1 aromatic carbocycles. The van der Waals surface area contributed by atoms with E-state index < -0.39 is 24.5 Å². The van der Waals surface area contributed by atoms with Gasteiger partial charge >= 0.3 is 11.9 Å². The highest BCUT2D eigenvalue weighted by atomic mass is 16.5. The van der Waals surface area contributed by atoms with Gasteiger partial charge in [0, 0.05) is 12.2 Å². The van der Waals surface area contributed by atoms with E-state index in [4.69, 9.17) is 9.47 Å². The van der Waals surface area contributed by atoms with E-state index in [1.807, 2.05) is 30.3 Å². The van der Waals surface area contributed by atoms with E-state index in [1.165, 1.54) is 0 Å². The maximum absolute atomic E-state index is 12.3. The molecule has 1 heterocycles. The standard InChI is InChI=1S/C20H24N2O5/c1-12(2)27-19(24)17-13(3)18(22-14(17)4)20(25)26-11-16(23)21-10-15-8-6-5-7-9-15/h5-9,12,22H,10-11H2,1-4H3,(H,21,23). The second-order valence-electron chi connectivity index (χ2n) is 6.42. The molecule has 0 aliphatic rings. The quantitative estimate of drug-likeness (QED) is 0.728. The average Bonchev–Trinajstić information content (AvgIpc) is 2.92.